The Morgan fingerprint density at radius 2 is 1.43 bits per heavy atom. The van der Waals surface area contributed by atoms with Crippen molar-refractivity contribution in [1.29, 1.82) is 0 Å². The first-order valence-electron chi connectivity index (χ1n) is 10.0. The van der Waals surface area contributed by atoms with Gasteiger partial charge in [0.25, 0.3) is 0 Å². The van der Waals surface area contributed by atoms with E-state index in [9.17, 15) is 0 Å². The van der Waals surface area contributed by atoms with Crippen LogP contribution in [0.4, 0.5) is 0 Å². The smallest absolute Gasteiger partial charge is 0.194 e. The number of nitrogens with zero attached hydrogens (tertiary/aromatic N) is 3. The van der Waals surface area contributed by atoms with Crippen molar-refractivity contribution >= 4 is 11.3 Å². The highest BCUT2D eigenvalue weighted by atomic mass is 32.1. The lowest BCUT2D eigenvalue weighted by Gasteiger charge is -2.02. The van der Waals surface area contributed by atoms with Gasteiger partial charge in [-0.1, -0.05) is 41.5 Å². The van der Waals surface area contributed by atoms with Gasteiger partial charge < -0.3 is 4.42 Å². The maximum Gasteiger partial charge on any atom is 0.194 e. The number of thiazole rings is 1. The van der Waals surface area contributed by atoms with Gasteiger partial charge in [0, 0.05) is 36.8 Å². The van der Waals surface area contributed by atoms with Crippen molar-refractivity contribution in [3.05, 3.63) is 65.0 Å². The number of rotatable bonds is 6. The van der Waals surface area contributed by atoms with Crippen molar-refractivity contribution in [1.82, 2.24) is 15.0 Å². The van der Waals surface area contributed by atoms with Crippen LogP contribution in [0, 0.1) is 17.8 Å². The van der Waals surface area contributed by atoms with E-state index in [1.165, 1.54) is 10.6 Å². The van der Waals surface area contributed by atoms with Crippen LogP contribution in [0.1, 0.15) is 58.0 Å². The van der Waals surface area contributed by atoms with Gasteiger partial charge in [0.1, 0.15) is 6.26 Å². The molecule has 154 valence electrons. The van der Waals surface area contributed by atoms with Gasteiger partial charge >= 0.3 is 0 Å². The van der Waals surface area contributed by atoms with Crippen LogP contribution in [-0.4, -0.2) is 15.0 Å². The second-order valence-electron chi connectivity index (χ2n) is 8.00. The highest BCUT2D eigenvalue weighted by molar-refractivity contribution is 7.09. The molecule has 0 aliphatic heterocycles. The molecule has 0 atom stereocenters. The third-order valence-electron chi connectivity index (χ3n) is 3.53. The molecule has 3 aromatic heterocycles. The Morgan fingerprint density at radius 3 is 1.89 bits per heavy atom. The van der Waals surface area contributed by atoms with Gasteiger partial charge in [-0.15, -0.1) is 11.3 Å². The molecule has 28 heavy (non-hydrogen) atoms. The molecule has 0 saturated carbocycles. The van der Waals surface area contributed by atoms with Crippen molar-refractivity contribution in [2.45, 2.75) is 60.8 Å². The molecule has 0 bridgehead atoms. The van der Waals surface area contributed by atoms with Crippen LogP contribution in [0.2, 0.25) is 0 Å². The van der Waals surface area contributed by atoms with Crippen LogP contribution in [0.15, 0.2) is 53.0 Å². The van der Waals surface area contributed by atoms with Crippen LogP contribution >= 0.6 is 11.3 Å². The van der Waals surface area contributed by atoms with Gasteiger partial charge in [-0.05, 0) is 41.9 Å². The predicted octanol–water partition coefficient (Wildman–Crippen LogP) is 6.49. The first kappa shape index (κ1) is 24.0. The fourth-order valence-electron chi connectivity index (χ4n) is 2.40. The molecule has 5 heteroatoms. The summed E-state index contributed by atoms with van der Waals surface area (Å²) in [7, 11) is 0. The molecule has 0 spiro atoms. The molecule has 0 unspecified atom stereocenters. The zero-order valence-electron chi connectivity index (χ0n) is 18.1. The number of pyridine rings is 1. The average Bonchev–Trinajstić information content (AvgIpc) is 3.29. The minimum Gasteiger partial charge on any atom is -0.449 e. The number of aromatic nitrogens is 3. The van der Waals surface area contributed by atoms with Crippen molar-refractivity contribution in [3.8, 4) is 0 Å². The van der Waals surface area contributed by atoms with E-state index >= 15 is 0 Å². The molecule has 0 aromatic carbocycles. The van der Waals surface area contributed by atoms with Gasteiger partial charge in [-0.25, -0.2) is 9.97 Å². The second kappa shape index (κ2) is 14.1. The van der Waals surface area contributed by atoms with Gasteiger partial charge in [0.05, 0.1) is 11.2 Å². The van der Waals surface area contributed by atoms with Gasteiger partial charge in [0.2, 0.25) is 0 Å². The van der Waals surface area contributed by atoms with E-state index in [0.29, 0.717) is 5.92 Å². The molecule has 0 radical (unpaired) electrons. The topological polar surface area (TPSA) is 51.8 Å². The molecular weight excluding hydrogens is 366 g/mol. The third kappa shape index (κ3) is 12.4. The Balaban J connectivity index is 0.000000210. The molecular formula is C23H35N3OS. The Hall–Kier alpha value is -2.01. The van der Waals surface area contributed by atoms with Crippen molar-refractivity contribution in [2.75, 3.05) is 0 Å². The lowest BCUT2D eigenvalue weighted by molar-refractivity contribution is 0.458. The summed E-state index contributed by atoms with van der Waals surface area (Å²) in [5.41, 5.74) is 1.38. The number of hydrogen-bond donors (Lipinski definition) is 0. The van der Waals surface area contributed by atoms with Crippen LogP contribution in [0.25, 0.3) is 0 Å². The average molecular weight is 402 g/mol. The maximum atomic E-state index is 5.03. The molecule has 0 saturated heterocycles. The number of hydrogen-bond acceptors (Lipinski definition) is 5. The van der Waals surface area contributed by atoms with Crippen molar-refractivity contribution in [3.63, 3.8) is 0 Å². The summed E-state index contributed by atoms with van der Waals surface area (Å²) in [5.74, 6) is 2.94. The summed E-state index contributed by atoms with van der Waals surface area (Å²) in [6.45, 7) is 13.2. The highest BCUT2D eigenvalue weighted by Gasteiger charge is 1.99. The van der Waals surface area contributed by atoms with Crippen LogP contribution in [0.5, 0.6) is 0 Å². The van der Waals surface area contributed by atoms with Crippen molar-refractivity contribution < 1.29 is 4.42 Å². The molecule has 0 aliphatic rings. The van der Waals surface area contributed by atoms with E-state index in [2.05, 4.69) is 68.6 Å². The normalized spacial score (nSPS) is 10.5. The van der Waals surface area contributed by atoms with E-state index < -0.39 is 0 Å². The summed E-state index contributed by atoms with van der Waals surface area (Å²) in [4.78, 5) is 12.1. The van der Waals surface area contributed by atoms with Gasteiger partial charge in [0.15, 0.2) is 5.89 Å². The minimum atomic E-state index is 0.628. The van der Waals surface area contributed by atoms with Crippen LogP contribution in [0.3, 0.4) is 0 Å². The fraction of sp³-hybridized carbons (Fsp3) is 0.522. The zero-order chi connectivity index (χ0) is 20.8. The molecule has 0 N–H and O–H groups in total. The van der Waals surface area contributed by atoms with Crippen LogP contribution < -0.4 is 0 Å². The van der Waals surface area contributed by atoms with Crippen molar-refractivity contribution in [2.24, 2.45) is 17.8 Å². The summed E-state index contributed by atoms with van der Waals surface area (Å²) in [6, 6.07) is 4.14. The number of oxazole rings is 1. The molecule has 3 aromatic rings. The molecule has 4 nitrogen and oxygen atoms in total. The predicted molar refractivity (Wildman–Crippen MR) is 118 cm³/mol. The molecule has 0 fully saturated rings. The van der Waals surface area contributed by atoms with E-state index in [0.717, 1.165) is 37.0 Å². The SMILES string of the molecule is CC(C)Cc1ccncc1.CC(C)Cc1ncco1.CC(C)Cc1nccs1. The summed E-state index contributed by atoms with van der Waals surface area (Å²) in [6.07, 6.45) is 12.1. The Bertz CT molecular complexity index is 653. The highest BCUT2D eigenvalue weighted by Crippen LogP contribution is 2.09. The van der Waals surface area contributed by atoms with E-state index in [1.807, 2.05) is 24.0 Å². The monoisotopic (exact) mass is 401 g/mol. The molecule has 0 aliphatic carbocycles. The standard InChI is InChI=1S/C9H13N.C7H11NO.C7H11NS/c1-8(2)7-9-3-5-10-6-4-9;2*1-6(2)5-7-8-3-4-9-7/h3-6,8H,7H2,1-2H3;2*3-4,6H,5H2,1-2H3. The third-order valence-corrected chi connectivity index (χ3v) is 4.33. The van der Waals surface area contributed by atoms with E-state index in [1.54, 1.807) is 23.8 Å². The summed E-state index contributed by atoms with van der Waals surface area (Å²) < 4.78 is 5.03. The largest absolute Gasteiger partial charge is 0.449 e. The quantitative estimate of drug-likeness (QED) is 0.473. The summed E-state index contributed by atoms with van der Waals surface area (Å²) >= 11 is 1.74. The lowest BCUT2D eigenvalue weighted by atomic mass is 10.0. The Morgan fingerprint density at radius 1 is 0.786 bits per heavy atom. The van der Waals surface area contributed by atoms with Crippen LogP contribution in [-0.2, 0) is 19.3 Å². The lowest BCUT2D eigenvalue weighted by Crippen LogP contribution is -1.92. The maximum absolute atomic E-state index is 5.03. The second-order valence-corrected chi connectivity index (χ2v) is 8.98. The van der Waals surface area contributed by atoms with Gasteiger partial charge in [-0.2, -0.15) is 0 Å². The van der Waals surface area contributed by atoms with E-state index in [4.69, 9.17) is 4.42 Å². The minimum absolute atomic E-state index is 0.628. The van der Waals surface area contributed by atoms with E-state index in [-0.39, 0.29) is 0 Å². The molecule has 3 heterocycles. The fourth-order valence-corrected chi connectivity index (χ4v) is 3.23. The van der Waals surface area contributed by atoms with Gasteiger partial charge in [-0.3, -0.25) is 4.98 Å². The summed E-state index contributed by atoms with van der Waals surface area (Å²) in [5, 5.41) is 3.28. The molecule has 0 amide bonds. The zero-order valence-corrected chi connectivity index (χ0v) is 18.9. The Labute approximate surface area is 174 Å². The first-order valence-corrected chi connectivity index (χ1v) is 10.9. The Kier molecular flexibility index (Phi) is 12.1. The first-order chi connectivity index (χ1) is 13.4. The molecule has 3 rings (SSSR count).